The molecule has 0 unspecified atom stereocenters. The van der Waals surface area contributed by atoms with Crippen LogP contribution in [0.2, 0.25) is 5.02 Å². The summed E-state index contributed by atoms with van der Waals surface area (Å²) in [6.45, 7) is 0. The van der Waals surface area contributed by atoms with Gasteiger partial charge in [-0.05, 0) is 30.3 Å². The number of methoxy groups -OCH3 is 1. The SMILES string of the molecule is COc1ccccc1/C=N\Nc1ccc(Cl)c(C(=O)O)c1. The largest absolute Gasteiger partial charge is 0.496 e. The fraction of sp³-hybridized carbons (Fsp3) is 0.0667. The first kappa shape index (κ1) is 14.9. The molecular weight excluding hydrogens is 292 g/mol. The Hall–Kier alpha value is -2.53. The standard InChI is InChI=1S/C15H13ClN2O3/c1-21-14-5-3-2-4-10(14)9-17-18-11-6-7-13(16)12(8-11)15(19)20/h2-9,18H,1H3,(H,19,20)/b17-9-. The van der Waals surface area contributed by atoms with E-state index >= 15 is 0 Å². The molecule has 0 atom stereocenters. The molecule has 0 amide bonds. The van der Waals surface area contributed by atoms with Gasteiger partial charge in [0.05, 0.1) is 29.6 Å². The van der Waals surface area contributed by atoms with Crippen LogP contribution in [0.3, 0.4) is 0 Å². The number of anilines is 1. The summed E-state index contributed by atoms with van der Waals surface area (Å²) in [5.74, 6) is -0.386. The van der Waals surface area contributed by atoms with E-state index in [1.54, 1.807) is 19.4 Å². The van der Waals surface area contributed by atoms with Gasteiger partial charge >= 0.3 is 5.97 Å². The first-order valence-electron chi connectivity index (χ1n) is 6.06. The van der Waals surface area contributed by atoms with Gasteiger partial charge in [0.15, 0.2) is 0 Å². The van der Waals surface area contributed by atoms with Gasteiger partial charge in [-0.1, -0.05) is 23.7 Å². The van der Waals surface area contributed by atoms with E-state index in [0.717, 1.165) is 5.56 Å². The van der Waals surface area contributed by atoms with Crippen molar-refractivity contribution in [2.24, 2.45) is 5.10 Å². The van der Waals surface area contributed by atoms with Crippen LogP contribution in [-0.4, -0.2) is 24.4 Å². The molecule has 0 radical (unpaired) electrons. The van der Waals surface area contributed by atoms with E-state index in [-0.39, 0.29) is 10.6 Å². The zero-order valence-corrected chi connectivity index (χ0v) is 12.0. The molecule has 0 bridgehead atoms. The number of hydrogen-bond donors (Lipinski definition) is 2. The Labute approximate surface area is 126 Å². The molecule has 2 N–H and O–H groups in total. The van der Waals surface area contributed by atoms with Crippen LogP contribution in [0.15, 0.2) is 47.6 Å². The molecule has 2 rings (SSSR count). The zero-order valence-electron chi connectivity index (χ0n) is 11.2. The summed E-state index contributed by atoms with van der Waals surface area (Å²) >= 11 is 5.80. The Kier molecular flexibility index (Phi) is 4.79. The van der Waals surface area contributed by atoms with Crippen molar-refractivity contribution in [3.63, 3.8) is 0 Å². The predicted molar refractivity (Wildman–Crippen MR) is 82.6 cm³/mol. The number of carboxylic acids is 1. The molecule has 0 saturated carbocycles. The van der Waals surface area contributed by atoms with E-state index in [1.165, 1.54) is 12.1 Å². The van der Waals surface area contributed by atoms with E-state index in [4.69, 9.17) is 21.4 Å². The summed E-state index contributed by atoms with van der Waals surface area (Å²) in [5, 5.41) is 13.2. The smallest absolute Gasteiger partial charge is 0.337 e. The molecule has 0 saturated heterocycles. The minimum absolute atomic E-state index is 0.0224. The third-order valence-corrected chi connectivity index (χ3v) is 3.06. The van der Waals surface area contributed by atoms with Gasteiger partial charge in [0, 0.05) is 5.56 Å². The summed E-state index contributed by atoms with van der Waals surface area (Å²) in [5.41, 5.74) is 4.12. The quantitative estimate of drug-likeness (QED) is 0.655. The lowest BCUT2D eigenvalue weighted by molar-refractivity contribution is 0.0697. The monoisotopic (exact) mass is 304 g/mol. The second-order valence-electron chi connectivity index (χ2n) is 4.11. The summed E-state index contributed by atoms with van der Waals surface area (Å²) in [6.07, 6.45) is 1.59. The fourth-order valence-corrected chi connectivity index (χ4v) is 1.91. The summed E-state index contributed by atoms with van der Waals surface area (Å²) < 4.78 is 5.20. The molecule has 0 fully saturated rings. The van der Waals surface area contributed by atoms with Crippen molar-refractivity contribution in [3.8, 4) is 5.75 Å². The Morgan fingerprint density at radius 1 is 1.33 bits per heavy atom. The van der Waals surface area contributed by atoms with Crippen LogP contribution in [-0.2, 0) is 0 Å². The number of hydrogen-bond acceptors (Lipinski definition) is 4. The number of ether oxygens (including phenoxy) is 1. The lowest BCUT2D eigenvalue weighted by atomic mass is 10.2. The van der Waals surface area contributed by atoms with E-state index < -0.39 is 5.97 Å². The number of hydrazone groups is 1. The van der Waals surface area contributed by atoms with Gasteiger partial charge in [-0.3, -0.25) is 5.43 Å². The number of aromatic carboxylic acids is 1. The van der Waals surface area contributed by atoms with Gasteiger partial charge in [-0.25, -0.2) is 4.79 Å². The lowest BCUT2D eigenvalue weighted by Crippen LogP contribution is -1.99. The first-order chi connectivity index (χ1) is 10.1. The normalized spacial score (nSPS) is 10.6. The number of halogens is 1. The lowest BCUT2D eigenvalue weighted by Gasteiger charge is -2.05. The van der Waals surface area contributed by atoms with Crippen LogP contribution in [0, 0.1) is 0 Å². The Morgan fingerprint density at radius 3 is 2.81 bits per heavy atom. The molecule has 5 nitrogen and oxygen atoms in total. The molecule has 2 aromatic carbocycles. The number of nitrogens with zero attached hydrogens (tertiary/aromatic N) is 1. The number of para-hydroxylation sites is 1. The molecule has 2 aromatic rings. The van der Waals surface area contributed by atoms with Gasteiger partial charge < -0.3 is 9.84 Å². The molecule has 0 aliphatic heterocycles. The highest BCUT2D eigenvalue weighted by Crippen LogP contribution is 2.21. The molecular formula is C15H13ClN2O3. The highest BCUT2D eigenvalue weighted by molar-refractivity contribution is 6.33. The van der Waals surface area contributed by atoms with Crippen molar-refractivity contribution >= 4 is 29.5 Å². The Balaban J connectivity index is 2.14. The van der Waals surface area contributed by atoms with Crippen molar-refractivity contribution in [1.29, 1.82) is 0 Å². The second-order valence-corrected chi connectivity index (χ2v) is 4.52. The molecule has 0 aliphatic rings. The zero-order chi connectivity index (χ0) is 15.2. The summed E-state index contributed by atoms with van der Waals surface area (Å²) in [4.78, 5) is 11.0. The van der Waals surface area contributed by atoms with Crippen LogP contribution in [0.25, 0.3) is 0 Å². The number of rotatable bonds is 5. The van der Waals surface area contributed by atoms with Crippen LogP contribution in [0.1, 0.15) is 15.9 Å². The molecule has 6 heteroatoms. The van der Waals surface area contributed by atoms with Crippen LogP contribution < -0.4 is 10.2 Å². The number of carboxylic acid groups (broad SMARTS) is 1. The fourth-order valence-electron chi connectivity index (χ4n) is 1.71. The van der Waals surface area contributed by atoms with Gasteiger partial charge in [-0.2, -0.15) is 5.10 Å². The predicted octanol–water partition coefficient (Wildman–Crippen LogP) is 3.49. The minimum atomic E-state index is -1.09. The molecule has 21 heavy (non-hydrogen) atoms. The van der Waals surface area contributed by atoms with Crippen molar-refractivity contribution in [1.82, 2.24) is 0 Å². The third kappa shape index (κ3) is 3.73. The van der Waals surface area contributed by atoms with Crippen LogP contribution in [0.4, 0.5) is 5.69 Å². The molecule has 0 heterocycles. The van der Waals surface area contributed by atoms with Gasteiger partial charge in [-0.15, -0.1) is 0 Å². The highest BCUT2D eigenvalue weighted by Gasteiger charge is 2.08. The first-order valence-corrected chi connectivity index (χ1v) is 6.44. The van der Waals surface area contributed by atoms with E-state index in [0.29, 0.717) is 11.4 Å². The van der Waals surface area contributed by atoms with Gasteiger partial charge in [0.1, 0.15) is 5.75 Å². The van der Waals surface area contributed by atoms with Crippen LogP contribution in [0.5, 0.6) is 5.75 Å². The Morgan fingerprint density at radius 2 is 2.10 bits per heavy atom. The third-order valence-electron chi connectivity index (χ3n) is 2.73. The highest BCUT2D eigenvalue weighted by atomic mass is 35.5. The summed E-state index contributed by atoms with van der Waals surface area (Å²) in [7, 11) is 1.58. The number of carbonyl (C=O) groups is 1. The van der Waals surface area contributed by atoms with Crippen molar-refractivity contribution in [3.05, 3.63) is 58.6 Å². The van der Waals surface area contributed by atoms with E-state index in [9.17, 15) is 4.79 Å². The summed E-state index contributed by atoms with van der Waals surface area (Å²) in [6, 6.07) is 12.0. The average Bonchev–Trinajstić information content (AvgIpc) is 2.49. The van der Waals surface area contributed by atoms with Crippen molar-refractivity contribution in [2.45, 2.75) is 0 Å². The molecule has 0 spiro atoms. The average molecular weight is 305 g/mol. The van der Waals surface area contributed by atoms with Gasteiger partial charge in [0.25, 0.3) is 0 Å². The second kappa shape index (κ2) is 6.76. The van der Waals surface area contributed by atoms with E-state index in [1.807, 2.05) is 24.3 Å². The maximum absolute atomic E-state index is 11.0. The van der Waals surface area contributed by atoms with Crippen molar-refractivity contribution in [2.75, 3.05) is 12.5 Å². The Bertz CT molecular complexity index is 686. The minimum Gasteiger partial charge on any atom is -0.496 e. The van der Waals surface area contributed by atoms with Crippen molar-refractivity contribution < 1.29 is 14.6 Å². The maximum atomic E-state index is 11.0. The van der Waals surface area contributed by atoms with Gasteiger partial charge in [0.2, 0.25) is 0 Å². The maximum Gasteiger partial charge on any atom is 0.337 e. The van der Waals surface area contributed by atoms with Crippen LogP contribution >= 0.6 is 11.6 Å². The number of nitrogens with one attached hydrogen (secondary N) is 1. The topological polar surface area (TPSA) is 70.9 Å². The van der Waals surface area contributed by atoms with E-state index in [2.05, 4.69) is 10.5 Å². The molecule has 108 valence electrons. The molecule has 0 aromatic heterocycles. The number of benzene rings is 2. The molecule has 0 aliphatic carbocycles.